The molecule has 0 aliphatic carbocycles. The molecule has 0 aromatic rings. The smallest absolute Gasteiger partial charge is 0.0674 e. The van der Waals surface area contributed by atoms with E-state index in [1.54, 1.807) is 0 Å². The number of hydrogen-bond acceptors (Lipinski definition) is 3. The SMILES string of the molecule is CC(C)CC(CN)N1CCOC(C)C1. The summed E-state index contributed by atoms with van der Waals surface area (Å²) in [6, 6.07) is 0.543. The van der Waals surface area contributed by atoms with Gasteiger partial charge in [0.25, 0.3) is 0 Å². The van der Waals surface area contributed by atoms with E-state index in [4.69, 9.17) is 10.5 Å². The minimum Gasteiger partial charge on any atom is -0.376 e. The van der Waals surface area contributed by atoms with Crippen molar-refractivity contribution in [1.82, 2.24) is 4.90 Å². The highest BCUT2D eigenvalue weighted by molar-refractivity contribution is 4.78. The molecule has 0 aromatic carbocycles. The molecule has 0 saturated carbocycles. The topological polar surface area (TPSA) is 38.5 Å². The molecule has 1 saturated heterocycles. The average molecular weight is 200 g/mol. The molecule has 3 nitrogen and oxygen atoms in total. The molecule has 0 spiro atoms. The highest BCUT2D eigenvalue weighted by Gasteiger charge is 2.23. The van der Waals surface area contributed by atoms with E-state index in [0.717, 1.165) is 32.2 Å². The van der Waals surface area contributed by atoms with Gasteiger partial charge in [0.1, 0.15) is 0 Å². The summed E-state index contributed by atoms with van der Waals surface area (Å²) in [5.41, 5.74) is 5.81. The van der Waals surface area contributed by atoms with Crippen molar-refractivity contribution < 1.29 is 4.74 Å². The fourth-order valence-electron chi connectivity index (χ4n) is 2.12. The van der Waals surface area contributed by atoms with Crippen molar-refractivity contribution in [1.29, 1.82) is 0 Å². The van der Waals surface area contributed by atoms with Gasteiger partial charge in [-0.15, -0.1) is 0 Å². The molecule has 2 N–H and O–H groups in total. The van der Waals surface area contributed by atoms with E-state index < -0.39 is 0 Å². The molecular formula is C11H24N2O. The molecule has 0 amide bonds. The fourth-order valence-corrected chi connectivity index (χ4v) is 2.12. The number of nitrogens with two attached hydrogens (primary N) is 1. The van der Waals surface area contributed by atoms with Crippen LogP contribution in [0.3, 0.4) is 0 Å². The zero-order chi connectivity index (χ0) is 10.6. The van der Waals surface area contributed by atoms with Gasteiger partial charge in [-0.1, -0.05) is 13.8 Å². The molecule has 1 rings (SSSR count). The molecule has 1 fully saturated rings. The molecule has 1 aliphatic heterocycles. The molecule has 1 aliphatic rings. The second kappa shape index (κ2) is 5.69. The lowest BCUT2D eigenvalue weighted by Crippen LogP contribution is -2.49. The number of hydrogen-bond donors (Lipinski definition) is 1. The van der Waals surface area contributed by atoms with E-state index >= 15 is 0 Å². The number of nitrogens with zero attached hydrogens (tertiary/aromatic N) is 1. The third-order valence-corrected chi connectivity index (χ3v) is 2.80. The summed E-state index contributed by atoms with van der Waals surface area (Å²) in [7, 11) is 0. The zero-order valence-electron chi connectivity index (χ0n) is 9.70. The molecule has 14 heavy (non-hydrogen) atoms. The highest BCUT2D eigenvalue weighted by Crippen LogP contribution is 2.14. The van der Waals surface area contributed by atoms with Crippen molar-refractivity contribution in [3.05, 3.63) is 0 Å². The normalized spacial score (nSPS) is 26.8. The van der Waals surface area contributed by atoms with Gasteiger partial charge in [0, 0.05) is 25.7 Å². The fraction of sp³-hybridized carbons (Fsp3) is 1.00. The van der Waals surface area contributed by atoms with E-state index in [2.05, 4.69) is 25.7 Å². The van der Waals surface area contributed by atoms with E-state index in [1.165, 1.54) is 6.42 Å². The predicted molar refractivity (Wildman–Crippen MR) is 59.3 cm³/mol. The Morgan fingerprint density at radius 2 is 2.21 bits per heavy atom. The van der Waals surface area contributed by atoms with Crippen molar-refractivity contribution >= 4 is 0 Å². The summed E-state index contributed by atoms with van der Waals surface area (Å²) in [6.45, 7) is 10.3. The summed E-state index contributed by atoms with van der Waals surface area (Å²) >= 11 is 0. The minimum atomic E-state index is 0.366. The number of rotatable bonds is 4. The van der Waals surface area contributed by atoms with Crippen molar-refractivity contribution in [3.8, 4) is 0 Å². The van der Waals surface area contributed by atoms with E-state index in [9.17, 15) is 0 Å². The number of ether oxygens (including phenoxy) is 1. The van der Waals surface area contributed by atoms with Gasteiger partial charge in [-0.2, -0.15) is 0 Å². The molecule has 0 bridgehead atoms. The summed E-state index contributed by atoms with van der Waals surface area (Å²) in [4.78, 5) is 2.48. The summed E-state index contributed by atoms with van der Waals surface area (Å²) in [6.07, 6.45) is 1.56. The van der Waals surface area contributed by atoms with Crippen LogP contribution in [0, 0.1) is 5.92 Å². The zero-order valence-corrected chi connectivity index (χ0v) is 9.70. The van der Waals surface area contributed by atoms with Crippen molar-refractivity contribution in [3.63, 3.8) is 0 Å². The van der Waals surface area contributed by atoms with Crippen LogP contribution in [0.1, 0.15) is 27.2 Å². The van der Waals surface area contributed by atoms with Gasteiger partial charge in [-0.3, -0.25) is 4.90 Å². The summed E-state index contributed by atoms with van der Waals surface area (Å²) in [5.74, 6) is 0.724. The standard InChI is InChI=1S/C11H24N2O/c1-9(2)6-11(7-12)13-4-5-14-10(3)8-13/h9-11H,4-8,12H2,1-3H3. The second-order valence-electron chi connectivity index (χ2n) is 4.70. The molecule has 2 unspecified atom stereocenters. The van der Waals surface area contributed by atoms with Crippen LogP contribution in [0.5, 0.6) is 0 Å². The molecule has 0 radical (unpaired) electrons. The number of morpholine rings is 1. The van der Waals surface area contributed by atoms with Crippen molar-refractivity contribution in [2.75, 3.05) is 26.2 Å². The first kappa shape index (κ1) is 12.0. The van der Waals surface area contributed by atoms with Gasteiger partial charge in [0.2, 0.25) is 0 Å². The van der Waals surface area contributed by atoms with Crippen LogP contribution >= 0.6 is 0 Å². The first-order chi connectivity index (χ1) is 6.63. The van der Waals surface area contributed by atoms with Crippen LogP contribution in [0.2, 0.25) is 0 Å². The molecule has 2 atom stereocenters. The van der Waals surface area contributed by atoms with Crippen LogP contribution in [-0.4, -0.2) is 43.3 Å². The maximum atomic E-state index is 5.81. The minimum absolute atomic E-state index is 0.366. The Balaban J connectivity index is 2.42. The van der Waals surface area contributed by atoms with E-state index in [0.29, 0.717) is 12.1 Å². The van der Waals surface area contributed by atoms with E-state index in [1.807, 2.05) is 0 Å². The Hall–Kier alpha value is -0.120. The molecule has 3 heteroatoms. The van der Waals surface area contributed by atoms with Gasteiger partial charge in [-0.05, 0) is 19.3 Å². The third kappa shape index (κ3) is 3.56. The van der Waals surface area contributed by atoms with Gasteiger partial charge < -0.3 is 10.5 Å². The first-order valence-corrected chi connectivity index (χ1v) is 5.69. The third-order valence-electron chi connectivity index (χ3n) is 2.80. The maximum absolute atomic E-state index is 5.81. The lowest BCUT2D eigenvalue weighted by molar-refractivity contribution is -0.0354. The average Bonchev–Trinajstić information content (AvgIpc) is 2.14. The maximum Gasteiger partial charge on any atom is 0.0674 e. The summed E-state index contributed by atoms with van der Waals surface area (Å²) in [5, 5.41) is 0. The Kier molecular flexibility index (Phi) is 4.85. The van der Waals surface area contributed by atoms with Gasteiger partial charge in [0.15, 0.2) is 0 Å². The van der Waals surface area contributed by atoms with Crippen molar-refractivity contribution in [2.45, 2.75) is 39.3 Å². The second-order valence-corrected chi connectivity index (χ2v) is 4.70. The van der Waals surface area contributed by atoms with Crippen LogP contribution < -0.4 is 5.73 Å². The molecule has 1 heterocycles. The van der Waals surface area contributed by atoms with Crippen LogP contribution in [-0.2, 0) is 4.74 Å². The van der Waals surface area contributed by atoms with Crippen LogP contribution in [0.15, 0.2) is 0 Å². The van der Waals surface area contributed by atoms with Crippen LogP contribution in [0.4, 0.5) is 0 Å². The quantitative estimate of drug-likeness (QED) is 0.738. The van der Waals surface area contributed by atoms with Gasteiger partial charge >= 0.3 is 0 Å². The Labute approximate surface area is 87.6 Å². The van der Waals surface area contributed by atoms with Gasteiger partial charge in [-0.25, -0.2) is 0 Å². The van der Waals surface area contributed by atoms with Gasteiger partial charge in [0.05, 0.1) is 12.7 Å². The largest absolute Gasteiger partial charge is 0.376 e. The highest BCUT2D eigenvalue weighted by atomic mass is 16.5. The Morgan fingerprint density at radius 1 is 1.50 bits per heavy atom. The van der Waals surface area contributed by atoms with Crippen LogP contribution in [0.25, 0.3) is 0 Å². The molecule has 84 valence electrons. The Bertz CT molecular complexity index is 159. The predicted octanol–water partition coefficient (Wildman–Crippen LogP) is 1.08. The van der Waals surface area contributed by atoms with E-state index in [-0.39, 0.29) is 0 Å². The molecular weight excluding hydrogens is 176 g/mol. The van der Waals surface area contributed by atoms with Crippen molar-refractivity contribution in [2.24, 2.45) is 11.7 Å². The summed E-state index contributed by atoms with van der Waals surface area (Å²) < 4.78 is 5.53. The lowest BCUT2D eigenvalue weighted by Gasteiger charge is -2.37. The lowest BCUT2D eigenvalue weighted by atomic mass is 10.0. The Morgan fingerprint density at radius 3 is 2.71 bits per heavy atom. The monoisotopic (exact) mass is 200 g/mol. The molecule has 0 aromatic heterocycles. The first-order valence-electron chi connectivity index (χ1n) is 5.69.